The Balaban J connectivity index is 1.40. The summed E-state index contributed by atoms with van der Waals surface area (Å²) >= 11 is 1.70. The lowest BCUT2D eigenvalue weighted by Crippen LogP contribution is -2.36. The number of fused-ring (bicyclic) bond motifs is 1. The van der Waals surface area contributed by atoms with Crippen molar-refractivity contribution in [1.82, 2.24) is 15.2 Å². The number of nitrogens with zero attached hydrogens (tertiary/aromatic N) is 2. The predicted molar refractivity (Wildman–Crippen MR) is 101 cm³/mol. The second-order valence-electron chi connectivity index (χ2n) is 6.52. The van der Waals surface area contributed by atoms with Crippen molar-refractivity contribution in [2.75, 3.05) is 13.1 Å². The molecule has 1 N–H and O–H groups in total. The molecule has 1 aromatic heterocycles. The number of hydrogen-bond donors (Lipinski definition) is 1. The Kier molecular flexibility index (Phi) is 4.95. The molecule has 1 amide bonds. The first-order valence-electron chi connectivity index (χ1n) is 8.80. The molecule has 0 spiro atoms. The largest absolute Gasteiger partial charge is 0.351 e. The van der Waals surface area contributed by atoms with Crippen LogP contribution in [0.1, 0.15) is 29.5 Å². The van der Waals surface area contributed by atoms with Crippen molar-refractivity contribution in [2.45, 2.75) is 25.4 Å². The zero-order valence-corrected chi connectivity index (χ0v) is 15.1. The van der Waals surface area contributed by atoms with E-state index in [9.17, 15) is 9.18 Å². The maximum Gasteiger partial charge on any atom is 0.234 e. The number of halogens is 1. The first kappa shape index (κ1) is 17.1. The van der Waals surface area contributed by atoms with Crippen LogP contribution in [0, 0.1) is 5.82 Å². The number of likely N-dealkylation sites (tertiary alicyclic amines) is 1. The summed E-state index contributed by atoms with van der Waals surface area (Å²) in [4.78, 5) is 19.3. The number of aromatic nitrogens is 1. The van der Waals surface area contributed by atoms with Crippen LogP contribution in [-0.4, -0.2) is 28.9 Å². The van der Waals surface area contributed by atoms with Crippen LogP contribution in [-0.2, 0) is 11.3 Å². The third-order valence-corrected chi connectivity index (χ3v) is 5.88. The van der Waals surface area contributed by atoms with E-state index in [1.807, 2.05) is 18.2 Å². The van der Waals surface area contributed by atoms with Crippen LogP contribution in [0.25, 0.3) is 10.2 Å². The molecule has 1 unspecified atom stereocenters. The highest BCUT2D eigenvalue weighted by atomic mass is 32.1. The Morgan fingerprint density at radius 2 is 2.04 bits per heavy atom. The van der Waals surface area contributed by atoms with Crippen LogP contribution in [0.15, 0.2) is 48.5 Å². The zero-order valence-electron chi connectivity index (χ0n) is 14.3. The monoisotopic (exact) mass is 369 g/mol. The van der Waals surface area contributed by atoms with Gasteiger partial charge in [-0.1, -0.05) is 30.3 Å². The van der Waals surface area contributed by atoms with Crippen LogP contribution in [0.5, 0.6) is 0 Å². The van der Waals surface area contributed by atoms with Crippen molar-refractivity contribution in [3.05, 3.63) is 64.9 Å². The van der Waals surface area contributed by atoms with E-state index >= 15 is 0 Å². The number of benzene rings is 2. The minimum absolute atomic E-state index is 0.0822. The number of hydrogen-bond acceptors (Lipinski definition) is 4. The second kappa shape index (κ2) is 7.51. The Labute approximate surface area is 155 Å². The molecule has 1 fully saturated rings. The number of thiazole rings is 1. The van der Waals surface area contributed by atoms with E-state index in [-0.39, 0.29) is 24.3 Å². The molecule has 2 aromatic carbocycles. The summed E-state index contributed by atoms with van der Waals surface area (Å²) in [5.41, 5.74) is 1.52. The number of nitrogens with one attached hydrogen (secondary N) is 1. The van der Waals surface area contributed by atoms with Crippen LogP contribution >= 0.6 is 11.3 Å². The quantitative estimate of drug-likeness (QED) is 0.742. The molecule has 4 nitrogen and oxygen atoms in total. The lowest BCUT2D eigenvalue weighted by molar-refractivity contribution is -0.122. The van der Waals surface area contributed by atoms with Gasteiger partial charge < -0.3 is 5.32 Å². The van der Waals surface area contributed by atoms with E-state index in [0.29, 0.717) is 12.1 Å². The highest BCUT2D eigenvalue weighted by Crippen LogP contribution is 2.36. The van der Waals surface area contributed by atoms with Gasteiger partial charge in [0, 0.05) is 12.1 Å². The number of para-hydroxylation sites is 1. The molecule has 6 heteroatoms. The van der Waals surface area contributed by atoms with Crippen molar-refractivity contribution in [2.24, 2.45) is 0 Å². The van der Waals surface area contributed by atoms with Gasteiger partial charge in [-0.3, -0.25) is 9.69 Å². The Bertz CT molecular complexity index is 893. The minimum atomic E-state index is -0.290. The zero-order chi connectivity index (χ0) is 17.9. The molecule has 0 bridgehead atoms. The summed E-state index contributed by atoms with van der Waals surface area (Å²) < 4.78 is 14.8. The van der Waals surface area contributed by atoms with Gasteiger partial charge in [0.25, 0.3) is 0 Å². The predicted octanol–water partition coefficient (Wildman–Crippen LogP) is 3.89. The number of rotatable bonds is 5. The number of carbonyl (C=O) groups is 1. The number of amides is 1. The molecular weight excluding hydrogens is 349 g/mol. The van der Waals surface area contributed by atoms with Crippen molar-refractivity contribution < 1.29 is 9.18 Å². The SMILES string of the molecule is O=C(CN1CCCC1c1nc2ccccc2s1)NCc1ccccc1F. The average Bonchev–Trinajstić information content (AvgIpc) is 3.27. The highest BCUT2D eigenvalue weighted by Gasteiger charge is 2.29. The summed E-state index contributed by atoms with van der Waals surface area (Å²) in [5, 5.41) is 3.90. The molecule has 134 valence electrons. The molecule has 0 saturated carbocycles. The molecule has 1 aliphatic rings. The molecule has 3 aromatic rings. The first-order chi connectivity index (χ1) is 12.7. The maximum absolute atomic E-state index is 13.7. The molecule has 1 saturated heterocycles. The van der Waals surface area contributed by atoms with Gasteiger partial charge in [0.1, 0.15) is 10.8 Å². The Morgan fingerprint density at radius 3 is 2.88 bits per heavy atom. The molecular formula is C20H20FN3OS. The van der Waals surface area contributed by atoms with Gasteiger partial charge in [0.2, 0.25) is 5.91 Å². The maximum atomic E-state index is 13.7. The smallest absolute Gasteiger partial charge is 0.234 e. The molecule has 0 aliphatic carbocycles. The summed E-state index contributed by atoms with van der Waals surface area (Å²) in [6, 6.07) is 14.8. The van der Waals surface area contributed by atoms with Gasteiger partial charge in [-0.05, 0) is 37.6 Å². The molecule has 1 aliphatic heterocycles. The fraction of sp³-hybridized carbons (Fsp3) is 0.300. The second-order valence-corrected chi connectivity index (χ2v) is 7.58. The molecule has 26 heavy (non-hydrogen) atoms. The third-order valence-electron chi connectivity index (χ3n) is 4.74. The summed E-state index contributed by atoms with van der Waals surface area (Å²) in [7, 11) is 0. The van der Waals surface area contributed by atoms with Gasteiger partial charge in [0.05, 0.1) is 22.8 Å². The average molecular weight is 369 g/mol. The van der Waals surface area contributed by atoms with E-state index < -0.39 is 0 Å². The highest BCUT2D eigenvalue weighted by molar-refractivity contribution is 7.18. The van der Waals surface area contributed by atoms with E-state index in [1.54, 1.807) is 29.5 Å². The van der Waals surface area contributed by atoms with Crippen molar-refractivity contribution >= 4 is 27.5 Å². The van der Waals surface area contributed by atoms with Crippen molar-refractivity contribution in [1.29, 1.82) is 0 Å². The third kappa shape index (κ3) is 3.61. The number of carbonyl (C=O) groups excluding carboxylic acids is 1. The lowest BCUT2D eigenvalue weighted by atomic mass is 10.2. The fourth-order valence-electron chi connectivity index (χ4n) is 3.40. The van der Waals surface area contributed by atoms with Crippen LogP contribution in [0.2, 0.25) is 0 Å². The van der Waals surface area contributed by atoms with E-state index in [0.717, 1.165) is 29.9 Å². The summed E-state index contributed by atoms with van der Waals surface area (Å²) in [6.45, 7) is 1.41. The van der Waals surface area contributed by atoms with Crippen molar-refractivity contribution in [3.63, 3.8) is 0 Å². The van der Waals surface area contributed by atoms with Gasteiger partial charge in [-0.2, -0.15) is 0 Å². The molecule has 2 heterocycles. The van der Waals surface area contributed by atoms with Crippen LogP contribution < -0.4 is 5.32 Å². The first-order valence-corrected chi connectivity index (χ1v) is 9.62. The van der Waals surface area contributed by atoms with Gasteiger partial charge in [-0.25, -0.2) is 9.37 Å². The minimum Gasteiger partial charge on any atom is -0.351 e. The van der Waals surface area contributed by atoms with E-state index in [1.165, 1.54) is 10.8 Å². The van der Waals surface area contributed by atoms with E-state index in [2.05, 4.69) is 16.3 Å². The lowest BCUT2D eigenvalue weighted by Gasteiger charge is -2.22. The summed E-state index contributed by atoms with van der Waals surface area (Å²) in [5.74, 6) is -0.373. The van der Waals surface area contributed by atoms with Crippen molar-refractivity contribution in [3.8, 4) is 0 Å². The van der Waals surface area contributed by atoms with E-state index in [4.69, 9.17) is 4.98 Å². The van der Waals surface area contributed by atoms with Gasteiger partial charge in [0.15, 0.2) is 0 Å². The normalized spacial score (nSPS) is 17.7. The van der Waals surface area contributed by atoms with Crippen LogP contribution in [0.4, 0.5) is 4.39 Å². The molecule has 1 atom stereocenters. The molecule has 4 rings (SSSR count). The Hall–Kier alpha value is -2.31. The standard InChI is InChI=1S/C20H20FN3OS/c21-15-7-2-1-6-14(15)12-22-19(25)13-24-11-5-9-17(24)20-23-16-8-3-4-10-18(16)26-20/h1-4,6-8,10,17H,5,9,11-13H2,(H,22,25). The van der Waals surface area contributed by atoms with Gasteiger partial charge in [-0.15, -0.1) is 11.3 Å². The fourth-order valence-corrected chi connectivity index (χ4v) is 4.54. The molecule has 0 radical (unpaired) electrons. The topological polar surface area (TPSA) is 45.2 Å². The summed E-state index contributed by atoms with van der Waals surface area (Å²) in [6.07, 6.45) is 2.07. The van der Waals surface area contributed by atoms with Crippen LogP contribution in [0.3, 0.4) is 0 Å². The van der Waals surface area contributed by atoms with Gasteiger partial charge >= 0.3 is 0 Å². The Morgan fingerprint density at radius 1 is 1.23 bits per heavy atom.